The minimum atomic E-state index is -3.64. The van der Waals surface area contributed by atoms with Gasteiger partial charge in [-0.15, -0.1) is 0 Å². The summed E-state index contributed by atoms with van der Waals surface area (Å²) in [4.78, 5) is 12.3. The molecule has 0 bridgehead atoms. The van der Waals surface area contributed by atoms with Crippen LogP contribution in [-0.2, 0) is 21.4 Å². The molecule has 3 rings (SSSR count). The van der Waals surface area contributed by atoms with Gasteiger partial charge in [0.05, 0.1) is 16.8 Å². The summed E-state index contributed by atoms with van der Waals surface area (Å²) >= 11 is 0. The van der Waals surface area contributed by atoms with E-state index in [0.717, 1.165) is 16.8 Å². The van der Waals surface area contributed by atoms with Gasteiger partial charge in [-0.25, -0.2) is 17.8 Å². The van der Waals surface area contributed by atoms with E-state index in [1.165, 1.54) is 0 Å². The van der Waals surface area contributed by atoms with Gasteiger partial charge in [0.25, 0.3) is 0 Å². The number of para-hydroxylation sites is 1. The molecule has 0 aliphatic carbocycles. The Morgan fingerprint density at radius 3 is 2.43 bits per heavy atom. The zero-order valence-corrected chi connectivity index (χ0v) is 17.9. The molecule has 2 N–H and O–H groups in total. The number of hydrogen-bond acceptors (Lipinski definition) is 4. The monoisotopic (exact) mass is 426 g/mol. The summed E-state index contributed by atoms with van der Waals surface area (Å²) in [5.74, 6) is 0.0959. The van der Waals surface area contributed by atoms with Crippen LogP contribution >= 0.6 is 0 Å². The SMILES string of the molecule is CC(C)c1ccc(S(=O)(=O)NCCC(=O)NCc2cnn(-c3ccccc3)c2)cc1. The third kappa shape index (κ3) is 5.77. The molecule has 3 aromatic rings. The molecule has 1 aromatic heterocycles. The Labute approximate surface area is 177 Å². The van der Waals surface area contributed by atoms with Crippen molar-refractivity contribution in [1.29, 1.82) is 0 Å². The third-order valence-corrected chi connectivity index (χ3v) is 6.12. The van der Waals surface area contributed by atoms with Gasteiger partial charge >= 0.3 is 0 Å². The first-order valence-electron chi connectivity index (χ1n) is 9.80. The lowest BCUT2D eigenvalue weighted by Crippen LogP contribution is -2.30. The van der Waals surface area contributed by atoms with E-state index in [4.69, 9.17) is 0 Å². The Bertz CT molecular complexity index is 1080. The second-order valence-corrected chi connectivity index (χ2v) is 9.04. The first-order chi connectivity index (χ1) is 14.3. The topological polar surface area (TPSA) is 93.1 Å². The predicted octanol–water partition coefficient (Wildman–Crippen LogP) is 2.98. The standard InChI is InChI=1S/C22H26N4O3S/c1-17(2)19-8-10-21(11-9-19)30(28,29)25-13-12-22(27)23-14-18-15-24-26(16-18)20-6-4-3-5-7-20/h3-11,15-17,25H,12-14H2,1-2H3,(H,23,27). The van der Waals surface area contributed by atoms with Crippen LogP contribution in [0.2, 0.25) is 0 Å². The summed E-state index contributed by atoms with van der Waals surface area (Å²) in [5, 5.41) is 7.07. The maximum atomic E-state index is 12.4. The van der Waals surface area contributed by atoms with Crippen molar-refractivity contribution in [3.63, 3.8) is 0 Å². The molecule has 1 amide bonds. The van der Waals surface area contributed by atoms with Gasteiger partial charge in [-0.05, 0) is 35.7 Å². The number of benzene rings is 2. The molecule has 0 fully saturated rings. The molecule has 0 saturated carbocycles. The molecule has 0 unspecified atom stereocenters. The summed E-state index contributed by atoms with van der Waals surface area (Å²) in [7, 11) is -3.64. The van der Waals surface area contributed by atoms with Crippen molar-refractivity contribution in [1.82, 2.24) is 19.8 Å². The summed E-state index contributed by atoms with van der Waals surface area (Å²) < 4.78 is 28.9. The molecule has 158 valence electrons. The minimum absolute atomic E-state index is 0.0311. The normalized spacial score (nSPS) is 11.6. The quantitative estimate of drug-likeness (QED) is 0.550. The van der Waals surface area contributed by atoms with Crippen molar-refractivity contribution in [2.45, 2.75) is 37.6 Å². The van der Waals surface area contributed by atoms with Crippen LogP contribution in [0, 0.1) is 0 Å². The van der Waals surface area contributed by atoms with Crippen LogP contribution in [0.15, 0.2) is 71.9 Å². The van der Waals surface area contributed by atoms with E-state index in [1.807, 2.05) is 62.5 Å². The first-order valence-corrected chi connectivity index (χ1v) is 11.3. The summed E-state index contributed by atoms with van der Waals surface area (Å²) in [6.45, 7) is 4.46. The Morgan fingerprint density at radius 1 is 1.07 bits per heavy atom. The number of sulfonamides is 1. The zero-order chi connectivity index (χ0) is 21.6. The van der Waals surface area contributed by atoms with E-state index in [0.29, 0.717) is 12.5 Å². The number of aromatic nitrogens is 2. The van der Waals surface area contributed by atoms with Gasteiger partial charge in [0.1, 0.15) is 0 Å². The second kappa shape index (κ2) is 9.69. The lowest BCUT2D eigenvalue weighted by Gasteiger charge is -2.09. The molecule has 7 nitrogen and oxygen atoms in total. The van der Waals surface area contributed by atoms with Crippen molar-refractivity contribution in [3.05, 3.63) is 78.1 Å². The highest BCUT2D eigenvalue weighted by atomic mass is 32.2. The number of carbonyl (C=O) groups is 1. The Morgan fingerprint density at radius 2 is 1.77 bits per heavy atom. The molecule has 8 heteroatoms. The summed E-state index contributed by atoms with van der Waals surface area (Å²) in [6, 6.07) is 16.5. The fraction of sp³-hybridized carbons (Fsp3) is 0.273. The van der Waals surface area contributed by atoms with Crippen molar-refractivity contribution in [3.8, 4) is 5.69 Å². The molecule has 30 heavy (non-hydrogen) atoms. The van der Waals surface area contributed by atoms with Crippen LogP contribution in [0.5, 0.6) is 0 Å². The lowest BCUT2D eigenvalue weighted by molar-refractivity contribution is -0.121. The Kier molecular flexibility index (Phi) is 7.02. The lowest BCUT2D eigenvalue weighted by atomic mass is 10.0. The van der Waals surface area contributed by atoms with Crippen molar-refractivity contribution in [2.75, 3.05) is 6.54 Å². The molecule has 1 heterocycles. The van der Waals surface area contributed by atoms with Crippen LogP contribution in [0.25, 0.3) is 5.69 Å². The van der Waals surface area contributed by atoms with E-state index in [2.05, 4.69) is 15.1 Å². The third-order valence-electron chi connectivity index (χ3n) is 4.65. The van der Waals surface area contributed by atoms with Gasteiger partial charge in [0, 0.05) is 31.3 Å². The Hall–Kier alpha value is -2.97. The van der Waals surface area contributed by atoms with Gasteiger partial charge in [-0.1, -0.05) is 44.2 Å². The fourth-order valence-corrected chi connectivity index (χ4v) is 3.91. The second-order valence-electron chi connectivity index (χ2n) is 7.28. The van der Waals surface area contributed by atoms with E-state index >= 15 is 0 Å². The van der Waals surface area contributed by atoms with Gasteiger partial charge in [0.2, 0.25) is 15.9 Å². The maximum absolute atomic E-state index is 12.4. The molecule has 0 spiro atoms. The molecule has 0 aliphatic heterocycles. The summed E-state index contributed by atoms with van der Waals surface area (Å²) in [5.41, 5.74) is 2.87. The van der Waals surface area contributed by atoms with Gasteiger partial charge in [-0.2, -0.15) is 5.10 Å². The minimum Gasteiger partial charge on any atom is -0.352 e. The van der Waals surface area contributed by atoms with Crippen LogP contribution in [0.4, 0.5) is 0 Å². The first kappa shape index (κ1) is 21.7. The number of amides is 1. The van der Waals surface area contributed by atoms with Gasteiger partial charge < -0.3 is 5.32 Å². The van der Waals surface area contributed by atoms with Crippen LogP contribution in [0.1, 0.15) is 37.3 Å². The average Bonchev–Trinajstić information content (AvgIpc) is 3.22. The molecule has 0 radical (unpaired) electrons. The predicted molar refractivity (Wildman–Crippen MR) is 116 cm³/mol. The van der Waals surface area contributed by atoms with E-state index < -0.39 is 10.0 Å². The largest absolute Gasteiger partial charge is 0.352 e. The number of nitrogens with zero attached hydrogens (tertiary/aromatic N) is 2. The highest BCUT2D eigenvalue weighted by Gasteiger charge is 2.14. The molecular formula is C22H26N4O3S. The summed E-state index contributed by atoms with van der Waals surface area (Å²) in [6.07, 6.45) is 3.59. The van der Waals surface area contributed by atoms with Gasteiger partial charge in [0.15, 0.2) is 0 Å². The number of carbonyl (C=O) groups excluding carboxylic acids is 1. The smallest absolute Gasteiger partial charge is 0.240 e. The molecular weight excluding hydrogens is 400 g/mol. The average molecular weight is 427 g/mol. The zero-order valence-electron chi connectivity index (χ0n) is 17.1. The molecule has 2 aromatic carbocycles. The molecule has 0 saturated heterocycles. The number of rotatable bonds is 9. The van der Waals surface area contributed by atoms with Gasteiger partial charge in [-0.3, -0.25) is 4.79 Å². The highest BCUT2D eigenvalue weighted by molar-refractivity contribution is 7.89. The molecule has 0 aliphatic rings. The Balaban J connectivity index is 1.45. The van der Waals surface area contributed by atoms with Crippen molar-refractivity contribution < 1.29 is 13.2 Å². The fourth-order valence-electron chi connectivity index (χ4n) is 2.88. The van der Waals surface area contributed by atoms with E-state index in [9.17, 15) is 13.2 Å². The van der Waals surface area contributed by atoms with Crippen LogP contribution in [0.3, 0.4) is 0 Å². The van der Waals surface area contributed by atoms with E-state index in [1.54, 1.807) is 23.0 Å². The maximum Gasteiger partial charge on any atom is 0.240 e. The highest BCUT2D eigenvalue weighted by Crippen LogP contribution is 2.17. The van der Waals surface area contributed by atoms with Crippen molar-refractivity contribution in [2.24, 2.45) is 0 Å². The van der Waals surface area contributed by atoms with E-state index in [-0.39, 0.29) is 23.8 Å². The van der Waals surface area contributed by atoms with Crippen LogP contribution in [-0.4, -0.2) is 30.7 Å². The number of hydrogen-bond donors (Lipinski definition) is 2. The van der Waals surface area contributed by atoms with Crippen molar-refractivity contribution >= 4 is 15.9 Å². The van der Waals surface area contributed by atoms with Crippen LogP contribution < -0.4 is 10.0 Å². The number of nitrogens with one attached hydrogen (secondary N) is 2. The molecule has 0 atom stereocenters.